The Bertz CT molecular complexity index is 363. The molecule has 0 aliphatic rings. The Kier molecular flexibility index (Phi) is 4.94. The third-order valence-electron chi connectivity index (χ3n) is 2.45. The van der Waals surface area contributed by atoms with Crippen molar-refractivity contribution in [3.05, 3.63) is 29.6 Å². The third kappa shape index (κ3) is 4.73. The summed E-state index contributed by atoms with van der Waals surface area (Å²) in [7, 11) is 0. The minimum absolute atomic E-state index is 0.306. The predicted molar refractivity (Wildman–Crippen MR) is 69.0 cm³/mol. The zero-order valence-corrected chi connectivity index (χ0v) is 11.1. The van der Waals surface area contributed by atoms with Crippen LogP contribution in [0.1, 0.15) is 32.8 Å². The highest BCUT2D eigenvalue weighted by atomic mass is 19.1. The fraction of sp³-hybridized carbons (Fsp3) is 0.571. The standard InChI is InChI=1S/C14H22FNO/c1-5-8-16-10-14(3,4)17-13-9-11(2)6-7-12(13)15/h6-7,9,16H,5,8,10H2,1-4H3. The molecule has 0 spiro atoms. The fourth-order valence-corrected chi connectivity index (χ4v) is 1.59. The first-order chi connectivity index (χ1) is 7.94. The van der Waals surface area contributed by atoms with Crippen LogP contribution in [0.4, 0.5) is 4.39 Å². The Morgan fingerprint density at radius 3 is 2.71 bits per heavy atom. The van der Waals surface area contributed by atoms with E-state index in [1.807, 2.05) is 20.8 Å². The molecule has 0 saturated heterocycles. The first-order valence-electron chi connectivity index (χ1n) is 6.10. The molecule has 0 amide bonds. The van der Waals surface area contributed by atoms with E-state index in [0.717, 1.165) is 18.5 Å². The molecule has 0 heterocycles. The maximum atomic E-state index is 13.5. The average molecular weight is 239 g/mol. The lowest BCUT2D eigenvalue weighted by Crippen LogP contribution is -2.40. The van der Waals surface area contributed by atoms with Crippen molar-refractivity contribution in [2.24, 2.45) is 0 Å². The Balaban J connectivity index is 2.65. The first-order valence-corrected chi connectivity index (χ1v) is 6.10. The van der Waals surface area contributed by atoms with Gasteiger partial charge in [0.15, 0.2) is 11.6 Å². The van der Waals surface area contributed by atoms with Crippen molar-refractivity contribution in [2.45, 2.75) is 39.7 Å². The highest BCUT2D eigenvalue weighted by Gasteiger charge is 2.20. The minimum Gasteiger partial charge on any atom is -0.483 e. The molecular formula is C14H22FNO. The number of hydrogen-bond donors (Lipinski definition) is 1. The van der Waals surface area contributed by atoms with Crippen LogP contribution in [0.2, 0.25) is 0 Å². The quantitative estimate of drug-likeness (QED) is 0.769. The molecule has 0 aliphatic heterocycles. The number of hydrogen-bond acceptors (Lipinski definition) is 2. The summed E-state index contributed by atoms with van der Waals surface area (Å²) in [6.45, 7) is 9.60. The van der Waals surface area contributed by atoms with Crippen LogP contribution in [-0.2, 0) is 0 Å². The molecule has 96 valence electrons. The fourth-order valence-electron chi connectivity index (χ4n) is 1.59. The summed E-state index contributed by atoms with van der Waals surface area (Å²) in [6, 6.07) is 4.92. The molecule has 1 aromatic rings. The molecule has 3 heteroatoms. The van der Waals surface area contributed by atoms with Gasteiger partial charge >= 0.3 is 0 Å². The van der Waals surface area contributed by atoms with E-state index < -0.39 is 5.60 Å². The normalized spacial score (nSPS) is 11.6. The van der Waals surface area contributed by atoms with E-state index in [0.29, 0.717) is 12.3 Å². The Hall–Kier alpha value is -1.09. The van der Waals surface area contributed by atoms with Crippen LogP contribution >= 0.6 is 0 Å². The van der Waals surface area contributed by atoms with Crippen molar-refractivity contribution in [1.82, 2.24) is 5.32 Å². The zero-order valence-electron chi connectivity index (χ0n) is 11.1. The van der Waals surface area contributed by atoms with Gasteiger partial charge in [0.2, 0.25) is 0 Å². The Morgan fingerprint density at radius 2 is 2.06 bits per heavy atom. The maximum Gasteiger partial charge on any atom is 0.165 e. The summed E-state index contributed by atoms with van der Waals surface area (Å²) in [6.07, 6.45) is 1.08. The van der Waals surface area contributed by atoms with E-state index in [9.17, 15) is 4.39 Å². The number of rotatable bonds is 6. The molecule has 2 nitrogen and oxygen atoms in total. The number of halogens is 1. The summed E-state index contributed by atoms with van der Waals surface area (Å²) < 4.78 is 19.3. The third-order valence-corrected chi connectivity index (χ3v) is 2.45. The van der Waals surface area contributed by atoms with Crippen LogP contribution < -0.4 is 10.1 Å². The smallest absolute Gasteiger partial charge is 0.165 e. The van der Waals surface area contributed by atoms with Gasteiger partial charge in [-0.2, -0.15) is 0 Å². The number of ether oxygens (including phenoxy) is 1. The number of benzene rings is 1. The molecular weight excluding hydrogens is 217 g/mol. The molecule has 0 atom stereocenters. The van der Waals surface area contributed by atoms with Gasteiger partial charge in [-0.1, -0.05) is 13.0 Å². The van der Waals surface area contributed by atoms with Crippen LogP contribution in [0.5, 0.6) is 5.75 Å². The van der Waals surface area contributed by atoms with Gasteiger partial charge in [-0.05, 0) is 51.4 Å². The molecule has 1 rings (SSSR count). The molecule has 0 aromatic heterocycles. The van der Waals surface area contributed by atoms with Gasteiger partial charge in [0, 0.05) is 6.54 Å². The van der Waals surface area contributed by atoms with Gasteiger partial charge in [-0.3, -0.25) is 0 Å². The minimum atomic E-state index is -0.413. The number of nitrogens with one attached hydrogen (secondary N) is 1. The van der Waals surface area contributed by atoms with Gasteiger partial charge in [-0.25, -0.2) is 4.39 Å². The van der Waals surface area contributed by atoms with Crippen LogP contribution in [0.25, 0.3) is 0 Å². The van der Waals surface area contributed by atoms with Crippen molar-refractivity contribution >= 4 is 0 Å². The van der Waals surface area contributed by atoms with Gasteiger partial charge in [0.05, 0.1) is 0 Å². The molecule has 0 aliphatic carbocycles. The topological polar surface area (TPSA) is 21.3 Å². The van der Waals surface area contributed by atoms with Crippen LogP contribution in [0, 0.1) is 12.7 Å². The van der Waals surface area contributed by atoms with E-state index in [-0.39, 0.29) is 5.82 Å². The predicted octanol–water partition coefficient (Wildman–Crippen LogP) is 3.29. The van der Waals surface area contributed by atoms with E-state index in [2.05, 4.69) is 12.2 Å². The van der Waals surface area contributed by atoms with Gasteiger partial charge in [0.25, 0.3) is 0 Å². The maximum absolute atomic E-state index is 13.5. The van der Waals surface area contributed by atoms with E-state index in [1.54, 1.807) is 12.1 Å². The van der Waals surface area contributed by atoms with E-state index in [4.69, 9.17) is 4.74 Å². The summed E-state index contributed by atoms with van der Waals surface area (Å²) in [5.74, 6) is 0.0208. The van der Waals surface area contributed by atoms with Crippen molar-refractivity contribution in [2.75, 3.05) is 13.1 Å². The number of aryl methyl sites for hydroxylation is 1. The van der Waals surface area contributed by atoms with Crippen molar-refractivity contribution in [1.29, 1.82) is 0 Å². The molecule has 0 fully saturated rings. The van der Waals surface area contributed by atoms with Gasteiger partial charge < -0.3 is 10.1 Å². The van der Waals surface area contributed by atoms with Gasteiger partial charge in [-0.15, -0.1) is 0 Å². The molecule has 0 saturated carbocycles. The van der Waals surface area contributed by atoms with Crippen molar-refractivity contribution in [3.63, 3.8) is 0 Å². The average Bonchev–Trinajstić information content (AvgIpc) is 2.23. The summed E-state index contributed by atoms with van der Waals surface area (Å²) >= 11 is 0. The molecule has 1 N–H and O–H groups in total. The van der Waals surface area contributed by atoms with Crippen LogP contribution in [0.3, 0.4) is 0 Å². The molecule has 0 bridgehead atoms. The molecule has 0 radical (unpaired) electrons. The zero-order chi connectivity index (χ0) is 12.9. The second kappa shape index (κ2) is 6.01. The van der Waals surface area contributed by atoms with Crippen molar-refractivity contribution in [3.8, 4) is 5.75 Å². The molecule has 0 unspecified atom stereocenters. The van der Waals surface area contributed by atoms with Crippen molar-refractivity contribution < 1.29 is 9.13 Å². The first kappa shape index (κ1) is 14.0. The molecule has 1 aromatic carbocycles. The van der Waals surface area contributed by atoms with E-state index in [1.165, 1.54) is 6.07 Å². The second-order valence-corrected chi connectivity index (χ2v) is 4.97. The SMILES string of the molecule is CCCNCC(C)(C)Oc1cc(C)ccc1F. The lowest BCUT2D eigenvalue weighted by atomic mass is 10.1. The summed E-state index contributed by atoms with van der Waals surface area (Å²) in [4.78, 5) is 0. The van der Waals surface area contributed by atoms with Crippen LogP contribution in [-0.4, -0.2) is 18.7 Å². The Labute approximate surface area is 103 Å². The molecule has 17 heavy (non-hydrogen) atoms. The lowest BCUT2D eigenvalue weighted by molar-refractivity contribution is 0.102. The van der Waals surface area contributed by atoms with Crippen LogP contribution in [0.15, 0.2) is 18.2 Å². The second-order valence-electron chi connectivity index (χ2n) is 4.97. The summed E-state index contributed by atoms with van der Waals surface area (Å²) in [5.41, 5.74) is 0.586. The highest BCUT2D eigenvalue weighted by Crippen LogP contribution is 2.23. The summed E-state index contributed by atoms with van der Waals surface area (Å²) in [5, 5.41) is 3.28. The largest absolute Gasteiger partial charge is 0.483 e. The monoisotopic (exact) mass is 239 g/mol. The Morgan fingerprint density at radius 1 is 1.35 bits per heavy atom. The van der Waals surface area contributed by atoms with Gasteiger partial charge in [0.1, 0.15) is 5.60 Å². The lowest BCUT2D eigenvalue weighted by Gasteiger charge is -2.27. The van der Waals surface area contributed by atoms with E-state index >= 15 is 0 Å². The highest BCUT2D eigenvalue weighted by molar-refractivity contribution is 5.30.